The Kier molecular flexibility index (Phi) is 9.89. The third kappa shape index (κ3) is 7.89. The summed E-state index contributed by atoms with van der Waals surface area (Å²) in [6, 6.07) is 11.2. The van der Waals surface area contributed by atoms with Crippen LogP contribution in [0.1, 0.15) is 42.9 Å². The van der Waals surface area contributed by atoms with Crippen molar-refractivity contribution in [2.75, 3.05) is 6.54 Å². The van der Waals surface area contributed by atoms with E-state index in [-0.39, 0.29) is 25.9 Å². The van der Waals surface area contributed by atoms with Crippen LogP contribution in [0, 0.1) is 0 Å². The van der Waals surface area contributed by atoms with Crippen molar-refractivity contribution in [3.8, 4) is 0 Å². The fourth-order valence-electron chi connectivity index (χ4n) is 5.50. The summed E-state index contributed by atoms with van der Waals surface area (Å²) in [6.07, 6.45) is -2.68. The second-order valence-corrected chi connectivity index (χ2v) is 10.9. The average Bonchev–Trinajstić information content (AvgIpc) is 3.32. The van der Waals surface area contributed by atoms with E-state index in [1.807, 2.05) is 24.3 Å². The van der Waals surface area contributed by atoms with Gasteiger partial charge in [-0.2, -0.15) is 13.2 Å². The monoisotopic (exact) mass is 587 g/mol. The highest BCUT2D eigenvalue weighted by molar-refractivity contribution is 5.92. The Hall–Kier alpha value is -3.90. The molecular weight excluding hydrogens is 551 g/mol. The minimum absolute atomic E-state index is 0.0742. The lowest BCUT2D eigenvalue weighted by Gasteiger charge is -2.35. The van der Waals surface area contributed by atoms with E-state index in [2.05, 4.69) is 10.6 Å². The van der Waals surface area contributed by atoms with Crippen molar-refractivity contribution in [3.05, 3.63) is 77.5 Å². The molecule has 5 atom stereocenters. The number of halogens is 3. The molecule has 1 saturated heterocycles. The van der Waals surface area contributed by atoms with Gasteiger partial charge in [-0.1, -0.05) is 54.6 Å². The molecule has 4 rings (SSSR count). The topological polar surface area (TPSA) is 128 Å². The van der Waals surface area contributed by atoms with Crippen LogP contribution in [0.5, 0.6) is 0 Å². The first-order chi connectivity index (χ1) is 19.9. The number of alkyl halides is 3. The van der Waals surface area contributed by atoms with Gasteiger partial charge in [0.1, 0.15) is 12.1 Å². The molecular formula is C30H36F3N5O4. The molecule has 2 heterocycles. The summed E-state index contributed by atoms with van der Waals surface area (Å²) in [5.41, 5.74) is 7.96. The lowest BCUT2D eigenvalue weighted by molar-refractivity contribution is -0.182. The number of aliphatic hydroxyl groups is 1. The smallest absolute Gasteiger partial charge is 0.390 e. The number of amides is 4. The second-order valence-electron chi connectivity index (χ2n) is 10.9. The molecule has 2 aliphatic rings. The van der Waals surface area contributed by atoms with Crippen LogP contribution in [-0.4, -0.2) is 75.7 Å². The van der Waals surface area contributed by atoms with Gasteiger partial charge in [0.15, 0.2) is 0 Å². The van der Waals surface area contributed by atoms with Crippen LogP contribution in [0.4, 0.5) is 18.0 Å². The highest BCUT2D eigenvalue weighted by Crippen LogP contribution is 2.36. The molecule has 0 spiro atoms. The summed E-state index contributed by atoms with van der Waals surface area (Å²) in [6.45, 7) is 1.59. The molecule has 1 fully saturated rings. The summed E-state index contributed by atoms with van der Waals surface area (Å²) in [5.74, 6) is -1.63. The average molecular weight is 588 g/mol. The van der Waals surface area contributed by atoms with E-state index in [0.717, 1.165) is 16.7 Å². The van der Waals surface area contributed by atoms with Crippen molar-refractivity contribution >= 4 is 23.9 Å². The number of likely N-dealkylation sites (tertiary alicyclic amines) is 1. The Balaban J connectivity index is 1.50. The summed E-state index contributed by atoms with van der Waals surface area (Å²) >= 11 is 0. The van der Waals surface area contributed by atoms with E-state index in [1.165, 1.54) is 9.80 Å². The Morgan fingerprint density at radius 1 is 1.05 bits per heavy atom. The van der Waals surface area contributed by atoms with Crippen molar-refractivity contribution in [2.45, 2.75) is 75.6 Å². The highest BCUT2D eigenvalue weighted by Gasteiger charge is 2.49. The van der Waals surface area contributed by atoms with Gasteiger partial charge >= 0.3 is 12.2 Å². The molecule has 5 N–H and O–H groups in total. The van der Waals surface area contributed by atoms with Gasteiger partial charge < -0.3 is 21.5 Å². The number of primary amides is 1. The molecule has 0 unspecified atom stereocenters. The maximum atomic E-state index is 13.7. The maximum Gasteiger partial charge on any atom is 0.404 e. The molecule has 0 aromatic heterocycles. The number of nitrogens with two attached hydrogens (primary N) is 1. The standard InChI is InChI=1S/C30H36F3N5O4/c1-19-11-12-26(30(31,32)33)38(19)18-25(39)23(15-20-7-3-2-4-8-20)35-28(41)24(16-27(34)40)36-29(42)37-14-13-21-9-5-6-10-22(21)17-37/h2-10,13-14,19,23-26,39H,11-12,15-18H2,1H3,(H2,34,40)(H,35,41)(H,36,42)/t19-,23-,24-,25+,26+/m0/s1. The predicted octanol–water partition coefficient (Wildman–Crippen LogP) is 2.93. The number of nitrogens with zero attached hydrogens (tertiary/aromatic N) is 2. The molecule has 2 aromatic rings. The molecule has 0 saturated carbocycles. The van der Waals surface area contributed by atoms with Gasteiger partial charge in [0.25, 0.3) is 0 Å². The van der Waals surface area contributed by atoms with Gasteiger partial charge in [0.2, 0.25) is 11.8 Å². The van der Waals surface area contributed by atoms with Crippen LogP contribution in [0.2, 0.25) is 0 Å². The number of rotatable bonds is 10. The Morgan fingerprint density at radius 3 is 2.43 bits per heavy atom. The van der Waals surface area contributed by atoms with Crippen molar-refractivity contribution < 1.29 is 32.7 Å². The summed E-state index contributed by atoms with van der Waals surface area (Å²) in [7, 11) is 0. The number of hydrogen-bond donors (Lipinski definition) is 4. The lowest BCUT2D eigenvalue weighted by atomic mass is 9.99. The van der Waals surface area contributed by atoms with Crippen LogP contribution in [0.3, 0.4) is 0 Å². The van der Waals surface area contributed by atoms with E-state index < -0.39 is 60.7 Å². The normalized spacial score (nSPS) is 20.8. The summed E-state index contributed by atoms with van der Waals surface area (Å²) in [5, 5.41) is 16.4. The molecule has 2 aliphatic heterocycles. The van der Waals surface area contributed by atoms with Crippen LogP contribution in [-0.2, 0) is 22.6 Å². The number of urea groups is 1. The van der Waals surface area contributed by atoms with E-state index in [4.69, 9.17) is 5.73 Å². The van der Waals surface area contributed by atoms with Crippen molar-refractivity contribution in [2.24, 2.45) is 5.73 Å². The van der Waals surface area contributed by atoms with E-state index in [9.17, 15) is 32.7 Å². The van der Waals surface area contributed by atoms with Crippen LogP contribution in [0.15, 0.2) is 60.8 Å². The largest absolute Gasteiger partial charge is 0.404 e. The quantitative estimate of drug-likeness (QED) is 0.340. The number of benzene rings is 2. The summed E-state index contributed by atoms with van der Waals surface area (Å²) < 4.78 is 41.1. The van der Waals surface area contributed by atoms with Gasteiger partial charge in [-0.25, -0.2) is 4.79 Å². The Morgan fingerprint density at radius 2 is 1.74 bits per heavy atom. The molecule has 0 aliphatic carbocycles. The maximum absolute atomic E-state index is 13.7. The molecule has 0 bridgehead atoms. The number of carbonyl (C=O) groups excluding carboxylic acids is 3. The number of β-amino-alcohol motifs (C(OH)–C–C–N with tert-alkyl or cyclic N) is 1. The molecule has 9 nitrogen and oxygen atoms in total. The molecule has 0 radical (unpaired) electrons. The first-order valence-corrected chi connectivity index (χ1v) is 13.9. The molecule has 226 valence electrons. The van der Waals surface area contributed by atoms with Gasteiger partial charge in [0.05, 0.1) is 25.1 Å². The van der Waals surface area contributed by atoms with Gasteiger partial charge in [-0.05, 0) is 49.0 Å². The number of aliphatic hydroxyl groups excluding tert-OH is 1. The van der Waals surface area contributed by atoms with Crippen molar-refractivity contribution in [1.82, 2.24) is 20.4 Å². The van der Waals surface area contributed by atoms with Crippen molar-refractivity contribution in [1.29, 1.82) is 0 Å². The number of hydrogen-bond acceptors (Lipinski definition) is 5. The molecule has 12 heteroatoms. The fourth-order valence-corrected chi connectivity index (χ4v) is 5.50. The Labute approximate surface area is 242 Å². The van der Waals surface area contributed by atoms with Crippen molar-refractivity contribution in [3.63, 3.8) is 0 Å². The first kappa shape index (κ1) is 31.0. The number of nitrogens with one attached hydrogen (secondary N) is 2. The highest BCUT2D eigenvalue weighted by atomic mass is 19.4. The van der Waals surface area contributed by atoms with Crippen LogP contribution in [0.25, 0.3) is 6.08 Å². The minimum Gasteiger partial charge on any atom is -0.390 e. The zero-order chi connectivity index (χ0) is 30.4. The van der Waals surface area contributed by atoms with Gasteiger partial charge in [-0.15, -0.1) is 0 Å². The van der Waals surface area contributed by atoms with Gasteiger partial charge in [-0.3, -0.25) is 19.4 Å². The first-order valence-electron chi connectivity index (χ1n) is 13.9. The van der Waals surface area contributed by atoms with E-state index in [0.29, 0.717) is 6.42 Å². The Bertz CT molecular complexity index is 1290. The minimum atomic E-state index is -4.46. The second kappa shape index (κ2) is 13.4. The SMILES string of the molecule is C[C@H]1CC[C@H](C(F)(F)F)N1C[C@@H](O)[C@H](Cc1ccccc1)NC(=O)[C@H](CC(N)=O)NC(=O)N1C=Cc2ccccc2C1. The number of fused-ring (bicyclic) bond motifs is 1. The van der Waals surface area contributed by atoms with Gasteiger partial charge in [0, 0.05) is 18.8 Å². The van der Waals surface area contributed by atoms with E-state index in [1.54, 1.807) is 49.5 Å². The number of carbonyl (C=O) groups is 3. The molecule has 42 heavy (non-hydrogen) atoms. The fraction of sp³-hybridized carbons (Fsp3) is 0.433. The molecule has 4 amide bonds. The molecule has 2 aromatic carbocycles. The lowest BCUT2D eigenvalue weighted by Crippen LogP contribution is -2.58. The predicted molar refractivity (Wildman–Crippen MR) is 150 cm³/mol. The summed E-state index contributed by atoms with van der Waals surface area (Å²) in [4.78, 5) is 40.9. The van der Waals surface area contributed by atoms with Crippen LogP contribution < -0.4 is 16.4 Å². The third-order valence-electron chi connectivity index (χ3n) is 7.80. The van der Waals surface area contributed by atoms with Crippen LogP contribution >= 0.6 is 0 Å². The zero-order valence-electron chi connectivity index (χ0n) is 23.3. The van der Waals surface area contributed by atoms with E-state index >= 15 is 0 Å². The zero-order valence-corrected chi connectivity index (χ0v) is 23.3. The third-order valence-corrected chi connectivity index (χ3v) is 7.80.